The quantitative estimate of drug-likeness (QED) is 0.128. The minimum atomic E-state index is -1.72. The summed E-state index contributed by atoms with van der Waals surface area (Å²) in [7, 11) is 0. The lowest BCUT2D eigenvalue weighted by molar-refractivity contribution is -0.128. The second-order valence-electron chi connectivity index (χ2n) is 14.1. The van der Waals surface area contributed by atoms with Gasteiger partial charge >= 0.3 is 0 Å². The van der Waals surface area contributed by atoms with E-state index in [0.29, 0.717) is 16.6 Å². The Hall–Kier alpha value is -3.92. The van der Waals surface area contributed by atoms with Crippen LogP contribution in [0.3, 0.4) is 0 Å². The summed E-state index contributed by atoms with van der Waals surface area (Å²) in [5.41, 5.74) is 5.03. The molecule has 2 aromatic heterocycles. The molecule has 2 aromatic carbocycles. The summed E-state index contributed by atoms with van der Waals surface area (Å²) in [5, 5.41) is 24.5. The standard InChI is InChI=1S/C39H48N4O4S/c1-6-25-7-11-27(12-8-25)28-15-17-29(18-16-28)31-22-40-35(41-23-31)30-13-9-26(10-14-30)21-32(36(44)42-24(2)38(46)47)43-37(45)33-19-20-34(48-33)39(3,4)5/h9-10,13-20,22-25,27,32,38,46-47H,6-8,11-12,21H2,1-5H3,(H,42,44)(H,43,45)/t24-,25-,27-,32-/m1/s1. The molecule has 4 aromatic rings. The van der Waals surface area contributed by atoms with E-state index in [9.17, 15) is 19.8 Å². The summed E-state index contributed by atoms with van der Waals surface area (Å²) in [6, 6.07) is 18.3. The Morgan fingerprint density at radius 1 is 0.854 bits per heavy atom. The maximum absolute atomic E-state index is 13.2. The average molecular weight is 669 g/mol. The van der Waals surface area contributed by atoms with Crippen LogP contribution in [0.5, 0.6) is 0 Å². The van der Waals surface area contributed by atoms with E-state index < -0.39 is 24.3 Å². The van der Waals surface area contributed by atoms with Gasteiger partial charge < -0.3 is 20.8 Å². The monoisotopic (exact) mass is 668 g/mol. The summed E-state index contributed by atoms with van der Waals surface area (Å²) in [6.07, 6.45) is 8.67. The molecule has 2 heterocycles. The summed E-state index contributed by atoms with van der Waals surface area (Å²) in [6.45, 7) is 10.0. The van der Waals surface area contributed by atoms with Gasteiger partial charge in [0, 0.05) is 34.8 Å². The largest absolute Gasteiger partial charge is 0.366 e. The van der Waals surface area contributed by atoms with Gasteiger partial charge in [0.25, 0.3) is 5.91 Å². The van der Waals surface area contributed by atoms with Gasteiger partial charge in [-0.2, -0.15) is 0 Å². The summed E-state index contributed by atoms with van der Waals surface area (Å²) < 4.78 is 0. The van der Waals surface area contributed by atoms with Crippen molar-refractivity contribution in [2.75, 3.05) is 0 Å². The molecule has 254 valence electrons. The molecule has 1 aliphatic rings. The van der Waals surface area contributed by atoms with Crippen molar-refractivity contribution in [1.29, 1.82) is 0 Å². The fourth-order valence-electron chi connectivity index (χ4n) is 6.20. The van der Waals surface area contributed by atoms with Crippen LogP contribution in [0.1, 0.15) is 98.3 Å². The SMILES string of the molecule is CC[C@H]1CC[C@H](c2ccc(-c3cnc(-c4ccc(C[C@@H](NC(=O)c5ccc(C(C)(C)C)s5)C(=O)N[C@H](C)C(O)O)cc4)nc3)cc2)CC1. The first-order valence-electron chi connectivity index (χ1n) is 17.0. The van der Waals surface area contributed by atoms with E-state index >= 15 is 0 Å². The van der Waals surface area contributed by atoms with Crippen LogP contribution in [0.25, 0.3) is 22.5 Å². The number of nitrogens with one attached hydrogen (secondary N) is 2. The van der Waals surface area contributed by atoms with Crippen molar-refractivity contribution in [3.05, 3.63) is 93.9 Å². The van der Waals surface area contributed by atoms with Crippen molar-refractivity contribution in [1.82, 2.24) is 20.6 Å². The van der Waals surface area contributed by atoms with E-state index in [2.05, 4.69) is 72.6 Å². The van der Waals surface area contributed by atoms with E-state index in [4.69, 9.17) is 0 Å². The molecule has 0 spiro atoms. The van der Waals surface area contributed by atoms with Crippen LogP contribution < -0.4 is 10.6 Å². The molecule has 0 saturated heterocycles. The number of rotatable bonds is 11. The van der Waals surface area contributed by atoms with Crippen LogP contribution in [-0.2, 0) is 16.6 Å². The summed E-state index contributed by atoms with van der Waals surface area (Å²) in [5.74, 6) is 1.28. The van der Waals surface area contributed by atoms with E-state index in [-0.39, 0.29) is 17.7 Å². The van der Waals surface area contributed by atoms with Crippen LogP contribution in [0.15, 0.2) is 73.1 Å². The zero-order chi connectivity index (χ0) is 34.4. The second-order valence-corrected chi connectivity index (χ2v) is 15.2. The van der Waals surface area contributed by atoms with Crippen molar-refractivity contribution in [2.45, 2.75) is 103 Å². The van der Waals surface area contributed by atoms with E-state index in [1.165, 1.54) is 55.9 Å². The first kappa shape index (κ1) is 35.4. The van der Waals surface area contributed by atoms with E-state index in [1.54, 1.807) is 6.07 Å². The third kappa shape index (κ3) is 8.95. The van der Waals surface area contributed by atoms with Gasteiger partial charge in [-0.1, -0.05) is 82.6 Å². The van der Waals surface area contributed by atoms with Crippen LogP contribution in [0, 0.1) is 5.92 Å². The Morgan fingerprint density at radius 3 is 2.04 bits per heavy atom. The number of benzene rings is 2. The normalized spacial score (nSPS) is 17.9. The highest BCUT2D eigenvalue weighted by Crippen LogP contribution is 2.37. The molecule has 0 unspecified atom stereocenters. The first-order chi connectivity index (χ1) is 22.9. The Balaban J connectivity index is 1.25. The number of aliphatic hydroxyl groups excluding tert-OH is 1. The van der Waals surface area contributed by atoms with Crippen molar-refractivity contribution in [3.63, 3.8) is 0 Å². The van der Waals surface area contributed by atoms with Gasteiger partial charge in [0.2, 0.25) is 5.91 Å². The third-order valence-corrected chi connectivity index (χ3v) is 11.0. The predicted octanol–water partition coefficient (Wildman–Crippen LogP) is 7.01. The molecular weight excluding hydrogens is 621 g/mol. The number of hydrogen-bond acceptors (Lipinski definition) is 7. The van der Waals surface area contributed by atoms with Crippen molar-refractivity contribution in [2.24, 2.45) is 5.92 Å². The number of hydrogen-bond donors (Lipinski definition) is 4. The molecule has 5 rings (SSSR count). The lowest BCUT2D eigenvalue weighted by Crippen LogP contribution is -2.52. The molecule has 0 aliphatic heterocycles. The van der Waals surface area contributed by atoms with Crippen LogP contribution in [0.2, 0.25) is 0 Å². The number of carbonyl (C=O) groups excluding carboxylic acids is 2. The van der Waals surface area contributed by atoms with Gasteiger partial charge in [-0.15, -0.1) is 11.3 Å². The molecule has 8 nitrogen and oxygen atoms in total. The zero-order valence-electron chi connectivity index (χ0n) is 28.6. The van der Waals surface area contributed by atoms with Gasteiger partial charge in [0.15, 0.2) is 12.1 Å². The highest BCUT2D eigenvalue weighted by Gasteiger charge is 2.27. The fraction of sp³-hybridized carbons (Fsp3) is 0.436. The maximum atomic E-state index is 13.2. The number of carbonyl (C=O) groups is 2. The Labute approximate surface area is 288 Å². The summed E-state index contributed by atoms with van der Waals surface area (Å²) >= 11 is 1.40. The molecule has 1 aliphatic carbocycles. The van der Waals surface area contributed by atoms with Gasteiger partial charge in [0.05, 0.1) is 10.9 Å². The van der Waals surface area contributed by atoms with Crippen LogP contribution in [-0.4, -0.2) is 50.4 Å². The topological polar surface area (TPSA) is 124 Å². The number of nitrogens with zero attached hydrogens (tertiary/aromatic N) is 2. The molecule has 4 N–H and O–H groups in total. The molecular formula is C39H48N4O4S. The molecule has 9 heteroatoms. The zero-order valence-corrected chi connectivity index (χ0v) is 29.4. The Kier molecular flexibility index (Phi) is 11.5. The number of thiophene rings is 1. The van der Waals surface area contributed by atoms with Crippen molar-refractivity contribution < 1.29 is 19.8 Å². The smallest absolute Gasteiger partial charge is 0.262 e. The molecule has 2 atom stereocenters. The van der Waals surface area contributed by atoms with Crippen LogP contribution >= 0.6 is 11.3 Å². The average Bonchev–Trinajstić information content (AvgIpc) is 3.60. The number of aromatic nitrogens is 2. The molecule has 0 bridgehead atoms. The predicted molar refractivity (Wildman–Crippen MR) is 192 cm³/mol. The summed E-state index contributed by atoms with van der Waals surface area (Å²) in [4.78, 5) is 37.2. The molecule has 48 heavy (non-hydrogen) atoms. The first-order valence-corrected chi connectivity index (χ1v) is 17.8. The lowest BCUT2D eigenvalue weighted by atomic mass is 9.78. The number of amides is 2. The highest BCUT2D eigenvalue weighted by atomic mass is 32.1. The minimum absolute atomic E-state index is 0.100. The van der Waals surface area contributed by atoms with Crippen molar-refractivity contribution >= 4 is 23.2 Å². The molecule has 1 saturated carbocycles. The van der Waals surface area contributed by atoms with Gasteiger partial charge in [-0.05, 0) is 78.7 Å². The van der Waals surface area contributed by atoms with Gasteiger partial charge in [-0.3, -0.25) is 9.59 Å². The lowest BCUT2D eigenvalue weighted by Gasteiger charge is -2.28. The Bertz CT molecular complexity index is 1650. The molecule has 0 radical (unpaired) electrons. The number of aliphatic hydroxyl groups is 2. The molecule has 1 fully saturated rings. The molecule has 2 amide bonds. The highest BCUT2D eigenvalue weighted by molar-refractivity contribution is 7.14. The van der Waals surface area contributed by atoms with Crippen LogP contribution in [0.4, 0.5) is 0 Å². The van der Waals surface area contributed by atoms with Gasteiger partial charge in [0.1, 0.15) is 6.04 Å². The maximum Gasteiger partial charge on any atom is 0.262 e. The fourth-order valence-corrected chi connectivity index (χ4v) is 7.17. The Morgan fingerprint density at radius 2 is 1.48 bits per heavy atom. The second kappa shape index (κ2) is 15.5. The van der Waals surface area contributed by atoms with Crippen molar-refractivity contribution in [3.8, 4) is 22.5 Å². The van der Waals surface area contributed by atoms with E-state index in [1.807, 2.05) is 42.7 Å². The van der Waals surface area contributed by atoms with E-state index in [0.717, 1.165) is 33.0 Å². The minimum Gasteiger partial charge on any atom is -0.366 e. The third-order valence-electron chi connectivity index (χ3n) is 9.45. The van der Waals surface area contributed by atoms with Gasteiger partial charge in [-0.25, -0.2) is 9.97 Å².